The average Bonchev–Trinajstić information content (AvgIpc) is 2.52. The summed E-state index contributed by atoms with van der Waals surface area (Å²) >= 11 is 0. The summed E-state index contributed by atoms with van der Waals surface area (Å²) in [6.45, 7) is 0.814. The van der Waals surface area contributed by atoms with Gasteiger partial charge >= 0.3 is 0 Å². The monoisotopic (exact) mass is 320 g/mol. The Kier molecular flexibility index (Phi) is 5.54. The topological polar surface area (TPSA) is 81.4 Å². The van der Waals surface area contributed by atoms with E-state index in [4.69, 9.17) is 9.88 Å². The van der Waals surface area contributed by atoms with Crippen LogP contribution >= 0.6 is 0 Å². The summed E-state index contributed by atoms with van der Waals surface area (Å²) < 4.78 is 28.5. The van der Waals surface area contributed by atoms with Crippen LogP contribution in [0.1, 0.15) is 18.1 Å². The van der Waals surface area contributed by atoms with Crippen LogP contribution in [0.4, 0.5) is 0 Å². The van der Waals surface area contributed by atoms with Crippen molar-refractivity contribution in [2.75, 3.05) is 13.6 Å². The minimum atomic E-state index is -3.68. The van der Waals surface area contributed by atoms with Gasteiger partial charge in [0.05, 0.1) is 4.90 Å². The number of ether oxygens (including phenoxy) is 1. The molecule has 0 aliphatic rings. The van der Waals surface area contributed by atoms with E-state index in [0.29, 0.717) is 5.75 Å². The minimum Gasteiger partial charge on any atom is -0.486 e. The van der Waals surface area contributed by atoms with Crippen molar-refractivity contribution >= 4 is 10.0 Å². The lowest BCUT2D eigenvalue weighted by molar-refractivity contribution is 0.195. The third-order valence-electron chi connectivity index (χ3n) is 3.26. The lowest BCUT2D eigenvalue weighted by Gasteiger charge is -2.19. The highest BCUT2D eigenvalue weighted by atomic mass is 32.2. The van der Waals surface area contributed by atoms with Gasteiger partial charge < -0.3 is 10.1 Å². The first-order chi connectivity index (χ1) is 10.5. The molecule has 2 aromatic rings. The second kappa shape index (κ2) is 7.40. The summed E-state index contributed by atoms with van der Waals surface area (Å²) in [4.78, 5) is 0.0753. The predicted octanol–water partition coefficient (Wildman–Crippen LogP) is 2.06. The largest absolute Gasteiger partial charge is 0.486 e. The van der Waals surface area contributed by atoms with Crippen molar-refractivity contribution < 1.29 is 13.2 Å². The van der Waals surface area contributed by atoms with Gasteiger partial charge in [-0.15, -0.1) is 0 Å². The van der Waals surface area contributed by atoms with Gasteiger partial charge in [0.1, 0.15) is 11.9 Å². The highest BCUT2D eigenvalue weighted by Gasteiger charge is 2.14. The fraction of sp³-hybridized carbons (Fsp3) is 0.250. The maximum Gasteiger partial charge on any atom is 0.238 e. The van der Waals surface area contributed by atoms with Crippen LogP contribution in [0.3, 0.4) is 0 Å². The van der Waals surface area contributed by atoms with E-state index in [-0.39, 0.29) is 11.0 Å². The number of hydrogen-bond acceptors (Lipinski definition) is 4. The molecule has 0 aromatic heterocycles. The average molecular weight is 320 g/mol. The van der Waals surface area contributed by atoms with Crippen LogP contribution in [0, 0.1) is 0 Å². The van der Waals surface area contributed by atoms with Crippen LogP contribution in [0.5, 0.6) is 5.75 Å². The zero-order valence-electron chi connectivity index (χ0n) is 12.4. The molecule has 118 valence electrons. The quantitative estimate of drug-likeness (QED) is 0.818. The van der Waals surface area contributed by atoms with E-state index in [9.17, 15) is 8.42 Å². The van der Waals surface area contributed by atoms with E-state index >= 15 is 0 Å². The first-order valence-electron chi connectivity index (χ1n) is 7.00. The van der Waals surface area contributed by atoms with E-state index in [1.807, 2.05) is 37.4 Å². The Bertz CT molecular complexity index is 685. The van der Waals surface area contributed by atoms with Crippen molar-refractivity contribution in [1.29, 1.82) is 0 Å². The van der Waals surface area contributed by atoms with E-state index in [0.717, 1.165) is 18.5 Å². The minimum absolute atomic E-state index is 0.0753. The molecule has 2 rings (SSSR count). The number of benzene rings is 2. The van der Waals surface area contributed by atoms with Gasteiger partial charge in [0.25, 0.3) is 0 Å². The van der Waals surface area contributed by atoms with Crippen LogP contribution < -0.4 is 15.2 Å². The molecule has 0 radical (unpaired) electrons. The van der Waals surface area contributed by atoms with Crippen molar-refractivity contribution in [2.45, 2.75) is 17.4 Å². The molecule has 2 aromatic carbocycles. The molecular weight excluding hydrogens is 300 g/mol. The van der Waals surface area contributed by atoms with Gasteiger partial charge in [0.15, 0.2) is 0 Å². The van der Waals surface area contributed by atoms with Crippen molar-refractivity contribution in [3.8, 4) is 5.75 Å². The Hall–Kier alpha value is -1.89. The summed E-state index contributed by atoms with van der Waals surface area (Å²) in [6, 6.07) is 16.1. The number of sulfonamides is 1. The van der Waals surface area contributed by atoms with Crippen molar-refractivity contribution in [3.63, 3.8) is 0 Å². The molecule has 0 aliphatic carbocycles. The Balaban J connectivity index is 2.16. The number of nitrogens with one attached hydrogen (secondary N) is 1. The van der Waals surface area contributed by atoms with E-state index in [2.05, 4.69) is 5.32 Å². The zero-order valence-corrected chi connectivity index (χ0v) is 13.2. The maximum absolute atomic E-state index is 11.3. The first-order valence-corrected chi connectivity index (χ1v) is 8.54. The first kappa shape index (κ1) is 16.5. The molecule has 0 saturated heterocycles. The Morgan fingerprint density at radius 1 is 1.09 bits per heavy atom. The maximum atomic E-state index is 11.3. The zero-order chi connectivity index (χ0) is 16.0. The summed E-state index contributed by atoms with van der Waals surface area (Å²) in [5.41, 5.74) is 1.08. The van der Waals surface area contributed by atoms with Crippen LogP contribution in [-0.4, -0.2) is 22.0 Å². The Morgan fingerprint density at radius 3 is 2.27 bits per heavy atom. The molecule has 0 saturated carbocycles. The molecule has 22 heavy (non-hydrogen) atoms. The number of hydrogen-bond donors (Lipinski definition) is 2. The summed E-state index contributed by atoms with van der Waals surface area (Å²) in [6.07, 6.45) is 0.700. The molecule has 0 spiro atoms. The standard InChI is InChI=1S/C16H20N2O3S/c1-18-12-11-16(13-5-3-2-4-6-13)21-14-7-9-15(10-8-14)22(17,19)20/h2-10,16,18H,11-12H2,1H3,(H2,17,19,20). The highest BCUT2D eigenvalue weighted by Crippen LogP contribution is 2.25. The predicted molar refractivity (Wildman–Crippen MR) is 86.2 cm³/mol. The van der Waals surface area contributed by atoms with E-state index in [1.165, 1.54) is 12.1 Å². The molecular formula is C16H20N2O3S. The van der Waals surface area contributed by atoms with Gasteiger partial charge in [-0.1, -0.05) is 30.3 Å². The normalized spacial score (nSPS) is 12.8. The molecule has 1 unspecified atom stereocenters. The number of rotatable bonds is 7. The van der Waals surface area contributed by atoms with Crippen LogP contribution in [0.25, 0.3) is 0 Å². The third-order valence-corrected chi connectivity index (χ3v) is 4.19. The van der Waals surface area contributed by atoms with Crippen molar-refractivity contribution in [2.24, 2.45) is 5.14 Å². The molecule has 0 amide bonds. The molecule has 0 bridgehead atoms. The van der Waals surface area contributed by atoms with Crippen LogP contribution in [0.2, 0.25) is 0 Å². The van der Waals surface area contributed by atoms with Gasteiger partial charge in [-0.3, -0.25) is 0 Å². The summed E-state index contributed by atoms with van der Waals surface area (Å²) in [5, 5.41) is 8.19. The van der Waals surface area contributed by atoms with Crippen molar-refractivity contribution in [3.05, 3.63) is 60.2 Å². The smallest absolute Gasteiger partial charge is 0.238 e. The molecule has 3 N–H and O–H groups in total. The molecule has 6 heteroatoms. The second-order valence-corrected chi connectivity index (χ2v) is 6.49. The van der Waals surface area contributed by atoms with Crippen molar-refractivity contribution in [1.82, 2.24) is 5.32 Å². The fourth-order valence-electron chi connectivity index (χ4n) is 2.11. The lowest BCUT2D eigenvalue weighted by atomic mass is 10.1. The second-order valence-electron chi connectivity index (χ2n) is 4.93. The molecule has 0 heterocycles. The third kappa shape index (κ3) is 4.56. The lowest BCUT2D eigenvalue weighted by Crippen LogP contribution is -2.16. The molecule has 1 atom stereocenters. The molecule has 0 fully saturated rings. The fourth-order valence-corrected chi connectivity index (χ4v) is 2.62. The van der Waals surface area contributed by atoms with E-state index < -0.39 is 10.0 Å². The summed E-state index contributed by atoms with van der Waals surface area (Å²) in [5.74, 6) is 0.609. The SMILES string of the molecule is CNCCC(Oc1ccc(S(N)(=O)=O)cc1)c1ccccc1. The van der Waals surface area contributed by atoms with Gasteiger partial charge in [-0.05, 0) is 43.4 Å². The number of nitrogens with two attached hydrogens (primary N) is 1. The van der Waals surface area contributed by atoms with E-state index in [1.54, 1.807) is 12.1 Å². The van der Waals surface area contributed by atoms with Gasteiger partial charge in [0.2, 0.25) is 10.0 Å². The highest BCUT2D eigenvalue weighted by molar-refractivity contribution is 7.89. The number of primary sulfonamides is 1. The van der Waals surface area contributed by atoms with Crippen LogP contribution in [-0.2, 0) is 10.0 Å². The van der Waals surface area contributed by atoms with Gasteiger partial charge in [0, 0.05) is 6.42 Å². The molecule has 5 nitrogen and oxygen atoms in total. The van der Waals surface area contributed by atoms with Crippen LogP contribution in [0.15, 0.2) is 59.5 Å². The Labute approximate surface area is 131 Å². The Morgan fingerprint density at radius 2 is 1.73 bits per heavy atom. The molecule has 0 aliphatic heterocycles. The van der Waals surface area contributed by atoms with Gasteiger partial charge in [-0.2, -0.15) is 0 Å². The summed E-state index contributed by atoms with van der Waals surface area (Å²) in [7, 11) is -1.79. The van der Waals surface area contributed by atoms with Gasteiger partial charge in [-0.25, -0.2) is 13.6 Å².